The number of urea groups is 1. The van der Waals surface area contributed by atoms with Crippen molar-refractivity contribution in [3.05, 3.63) is 77.2 Å². The van der Waals surface area contributed by atoms with E-state index >= 15 is 0 Å². The van der Waals surface area contributed by atoms with Crippen LogP contribution in [0, 0.1) is 17.1 Å². The van der Waals surface area contributed by atoms with Crippen molar-refractivity contribution in [2.75, 3.05) is 17.3 Å². The smallest absolute Gasteiger partial charge is 0.417 e. The van der Waals surface area contributed by atoms with Crippen LogP contribution in [0.25, 0.3) is 0 Å². The normalized spacial score (nSPS) is 15.0. The molecule has 0 aliphatic carbocycles. The number of imide groups is 1. The molecule has 1 saturated heterocycles. The van der Waals surface area contributed by atoms with E-state index in [-0.39, 0.29) is 12.2 Å². The van der Waals surface area contributed by atoms with Crippen LogP contribution >= 0.6 is 0 Å². The molecule has 196 valence electrons. The lowest BCUT2D eigenvalue weighted by molar-refractivity contribution is -0.137. The molecule has 2 aromatic carbocycles. The fourth-order valence-corrected chi connectivity index (χ4v) is 4.04. The zero-order valence-electron chi connectivity index (χ0n) is 20.4. The van der Waals surface area contributed by atoms with Crippen molar-refractivity contribution in [3.8, 4) is 11.9 Å². The van der Waals surface area contributed by atoms with Gasteiger partial charge in [-0.15, -0.1) is 0 Å². The second kappa shape index (κ2) is 9.66. The van der Waals surface area contributed by atoms with E-state index in [0.717, 1.165) is 12.1 Å². The van der Waals surface area contributed by atoms with Crippen molar-refractivity contribution < 1.29 is 31.9 Å². The van der Waals surface area contributed by atoms with E-state index in [1.807, 2.05) is 0 Å². The van der Waals surface area contributed by atoms with Gasteiger partial charge < -0.3 is 15.0 Å². The Morgan fingerprint density at radius 1 is 1.11 bits per heavy atom. The van der Waals surface area contributed by atoms with Crippen LogP contribution in [0.2, 0.25) is 0 Å². The molecule has 12 heteroatoms. The van der Waals surface area contributed by atoms with Gasteiger partial charge in [-0.25, -0.2) is 19.1 Å². The fraction of sp³-hybridized carbons (Fsp3) is 0.231. The van der Waals surface area contributed by atoms with E-state index in [1.165, 1.54) is 56.3 Å². The Hall–Kier alpha value is -4.66. The molecule has 0 spiro atoms. The minimum absolute atomic E-state index is 0.164. The number of benzene rings is 2. The molecule has 1 aromatic heterocycles. The zero-order chi connectivity index (χ0) is 27.8. The molecule has 0 atom stereocenters. The van der Waals surface area contributed by atoms with Crippen LogP contribution in [0.4, 0.5) is 39.4 Å². The second-order valence-electron chi connectivity index (χ2n) is 8.92. The maximum Gasteiger partial charge on any atom is 0.417 e. The van der Waals surface area contributed by atoms with Gasteiger partial charge in [0.2, 0.25) is 5.88 Å². The van der Waals surface area contributed by atoms with Gasteiger partial charge in [-0.3, -0.25) is 4.79 Å². The lowest BCUT2D eigenvalue weighted by Gasteiger charge is -2.28. The van der Waals surface area contributed by atoms with E-state index in [2.05, 4.69) is 10.3 Å². The Morgan fingerprint density at radius 2 is 1.84 bits per heavy atom. The molecular weight excluding hydrogens is 506 g/mol. The first-order chi connectivity index (χ1) is 17.9. The predicted octanol–water partition coefficient (Wildman–Crippen LogP) is 5.61. The number of carbonyl (C=O) groups excluding carboxylic acids is 2. The molecule has 8 nitrogen and oxygen atoms in total. The third kappa shape index (κ3) is 4.82. The van der Waals surface area contributed by atoms with Crippen molar-refractivity contribution in [2.45, 2.75) is 32.1 Å². The van der Waals surface area contributed by atoms with E-state index in [4.69, 9.17) is 10.00 Å². The number of halogens is 4. The number of methoxy groups -OCH3 is 1. The molecule has 0 radical (unpaired) electrons. The molecule has 0 unspecified atom stereocenters. The number of nitriles is 1. The van der Waals surface area contributed by atoms with Gasteiger partial charge in [-0.2, -0.15) is 18.4 Å². The molecule has 38 heavy (non-hydrogen) atoms. The number of hydrogen-bond donors (Lipinski definition) is 1. The minimum Gasteiger partial charge on any atom is -0.481 e. The molecular formula is C26H21F4N5O3. The molecule has 0 saturated carbocycles. The number of nitrogens with one attached hydrogen (secondary N) is 1. The molecule has 2 heterocycles. The molecule has 0 bridgehead atoms. The summed E-state index contributed by atoms with van der Waals surface area (Å²) in [6.45, 7) is 2.76. The Morgan fingerprint density at radius 3 is 2.45 bits per heavy atom. The predicted molar refractivity (Wildman–Crippen MR) is 129 cm³/mol. The van der Waals surface area contributed by atoms with Gasteiger partial charge in [0, 0.05) is 11.8 Å². The summed E-state index contributed by atoms with van der Waals surface area (Å²) in [6, 6.07) is 10.3. The number of amides is 3. The van der Waals surface area contributed by atoms with E-state index in [0.29, 0.717) is 33.8 Å². The highest BCUT2D eigenvalue weighted by Crippen LogP contribution is 2.39. The van der Waals surface area contributed by atoms with Crippen molar-refractivity contribution >= 4 is 29.0 Å². The number of carbonyl (C=O) groups is 2. The summed E-state index contributed by atoms with van der Waals surface area (Å²) in [4.78, 5) is 32.6. The molecule has 1 fully saturated rings. The van der Waals surface area contributed by atoms with Gasteiger partial charge in [-0.1, -0.05) is 6.07 Å². The van der Waals surface area contributed by atoms with Crippen LogP contribution in [0.3, 0.4) is 0 Å². The maximum atomic E-state index is 14.1. The van der Waals surface area contributed by atoms with E-state index in [9.17, 15) is 27.2 Å². The van der Waals surface area contributed by atoms with Crippen LogP contribution in [-0.2, 0) is 17.5 Å². The van der Waals surface area contributed by atoms with Crippen LogP contribution in [0.1, 0.15) is 30.5 Å². The summed E-state index contributed by atoms with van der Waals surface area (Å²) in [6.07, 6.45) is -3.40. The highest BCUT2D eigenvalue weighted by Gasteiger charge is 2.52. The molecule has 3 aromatic rings. The zero-order valence-corrected chi connectivity index (χ0v) is 20.4. The first-order valence-corrected chi connectivity index (χ1v) is 11.2. The lowest BCUT2D eigenvalue weighted by atomic mass is 10.0. The Balaban J connectivity index is 1.68. The molecule has 1 N–H and O–H groups in total. The van der Waals surface area contributed by atoms with Gasteiger partial charge in [0.25, 0.3) is 5.91 Å². The Bertz CT molecular complexity index is 1450. The number of rotatable bonds is 6. The molecule has 1 aliphatic rings. The van der Waals surface area contributed by atoms with Gasteiger partial charge in [-0.05, 0) is 55.8 Å². The number of aromatic nitrogens is 1. The van der Waals surface area contributed by atoms with Crippen LogP contribution in [0.5, 0.6) is 5.88 Å². The summed E-state index contributed by atoms with van der Waals surface area (Å²) in [7, 11) is 1.46. The van der Waals surface area contributed by atoms with E-state index in [1.54, 1.807) is 12.1 Å². The molecule has 1 aliphatic heterocycles. The minimum atomic E-state index is -4.87. The highest BCUT2D eigenvalue weighted by molar-refractivity contribution is 6.23. The first kappa shape index (κ1) is 26.4. The number of anilines is 3. The quantitative estimate of drug-likeness (QED) is 0.331. The average molecular weight is 527 g/mol. The van der Waals surface area contributed by atoms with Crippen LogP contribution < -0.4 is 15.0 Å². The Kier molecular flexibility index (Phi) is 6.71. The Labute approximate surface area is 215 Å². The SMILES string of the molecule is COc1ccc(Nc2cc(F)ccc2CN2C(=O)N(c3ccc(C#N)c(C(F)(F)F)c3)C(=O)C2(C)C)cn1. The van der Waals surface area contributed by atoms with Crippen LogP contribution in [-0.4, -0.2) is 34.5 Å². The summed E-state index contributed by atoms with van der Waals surface area (Å²) in [5.74, 6) is -0.939. The topological polar surface area (TPSA) is 98.6 Å². The summed E-state index contributed by atoms with van der Waals surface area (Å²) >= 11 is 0. The van der Waals surface area contributed by atoms with Crippen molar-refractivity contribution in [2.24, 2.45) is 0 Å². The largest absolute Gasteiger partial charge is 0.481 e. The second-order valence-corrected chi connectivity index (χ2v) is 8.92. The number of hydrogen-bond acceptors (Lipinski definition) is 6. The van der Waals surface area contributed by atoms with Gasteiger partial charge in [0.05, 0.1) is 48.4 Å². The number of pyridine rings is 1. The maximum absolute atomic E-state index is 14.1. The number of alkyl halides is 3. The van der Waals surface area contributed by atoms with Gasteiger partial charge in [0.1, 0.15) is 11.4 Å². The van der Waals surface area contributed by atoms with Crippen molar-refractivity contribution in [1.29, 1.82) is 5.26 Å². The standard InChI is InChI=1S/C26H21F4N5O3/c1-25(2)23(36)35(19-8-5-15(12-31)20(11-19)26(28,29)30)24(37)34(25)14-16-4-6-17(27)10-21(16)33-18-7-9-22(38-3)32-13-18/h4-11,13,33H,14H2,1-3H3. The molecule has 3 amide bonds. The third-order valence-corrected chi connectivity index (χ3v) is 6.14. The van der Waals surface area contributed by atoms with Gasteiger partial charge in [0.15, 0.2) is 0 Å². The third-order valence-electron chi connectivity index (χ3n) is 6.14. The molecule has 4 rings (SSSR count). The highest BCUT2D eigenvalue weighted by atomic mass is 19.4. The summed E-state index contributed by atoms with van der Waals surface area (Å²) in [5.41, 5.74) is -2.42. The fourth-order valence-electron chi connectivity index (χ4n) is 4.04. The van der Waals surface area contributed by atoms with Crippen LogP contribution in [0.15, 0.2) is 54.7 Å². The number of ether oxygens (including phenoxy) is 1. The summed E-state index contributed by atoms with van der Waals surface area (Å²) < 4.78 is 59.7. The average Bonchev–Trinajstić information content (AvgIpc) is 3.04. The van der Waals surface area contributed by atoms with E-state index < -0.39 is 40.6 Å². The van der Waals surface area contributed by atoms with Gasteiger partial charge >= 0.3 is 12.2 Å². The first-order valence-electron chi connectivity index (χ1n) is 11.2. The number of nitrogens with zero attached hydrogens (tertiary/aromatic N) is 4. The van der Waals surface area contributed by atoms with Crippen molar-refractivity contribution in [1.82, 2.24) is 9.88 Å². The lowest BCUT2D eigenvalue weighted by Crippen LogP contribution is -2.43. The van der Waals surface area contributed by atoms with Crippen molar-refractivity contribution in [3.63, 3.8) is 0 Å². The summed E-state index contributed by atoms with van der Waals surface area (Å²) in [5, 5.41) is 12.1. The monoisotopic (exact) mass is 527 g/mol.